The van der Waals surface area contributed by atoms with Crippen LogP contribution in [-0.2, 0) is 10.0 Å². The molecule has 8 heteroatoms. The second-order valence-electron chi connectivity index (χ2n) is 8.14. The highest BCUT2D eigenvalue weighted by Gasteiger charge is 2.28. The molecular weight excluding hydrogens is 386 g/mol. The van der Waals surface area contributed by atoms with Crippen LogP contribution in [0.3, 0.4) is 0 Å². The molecule has 1 aromatic carbocycles. The first-order valence-electron chi connectivity index (χ1n) is 9.12. The molecule has 1 aromatic rings. The highest BCUT2D eigenvalue weighted by atomic mass is 35.5. The van der Waals surface area contributed by atoms with E-state index in [1.165, 1.54) is 12.1 Å². The lowest BCUT2D eigenvalue weighted by Gasteiger charge is -2.30. The van der Waals surface area contributed by atoms with Gasteiger partial charge in [-0.1, -0.05) is 20.8 Å². The van der Waals surface area contributed by atoms with Crippen molar-refractivity contribution in [1.82, 2.24) is 9.21 Å². The van der Waals surface area contributed by atoms with Crippen LogP contribution in [0.25, 0.3) is 0 Å². The van der Waals surface area contributed by atoms with Gasteiger partial charge in [0.15, 0.2) is 0 Å². The standard InChI is InChI=1S/C19H31N3O3S.ClH/c1-15-9-11-22(12-10-15)26(24,25)17-7-5-16(6-8-17)18(23)21(4)14-19(2,3)13-20;/h5-8,15H,9-14,20H2,1-4H3;1H. The molecule has 6 nitrogen and oxygen atoms in total. The first-order valence-corrected chi connectivity index (χ1v) is 10.6. The van der Waals surface area contributed by atoms with Crippen molar-refractivity contribution < 1.29 is 13.2 Å². The summed E-state index contributed by atoms with van der Waals surface area (Å²) in [6.07, 6.45) is 1.77. The number of rotatable bonds is 6. The smallest absolute Gasteiger partial charge is 0.253 e. The van der Waals surface area contributed by atoms with Gasteiger partial charge in [0.25, 0.3) is 5.91 Å². The maximum atomic E-state index is 12.8. The molecule has 1 heterocycles. The summed E-state index contributed by atoms with van der Waals surface area (Å²) >= 11 is 0. The number of nitrogens with zero attached hydrogens (tertiary/aromatic N) is 2. The summed E-state index contributed by atoms with van der Waals surface area (Å²) in [4.78, 5) is 14.4. The van der Waals surface area contributed by atoms with Gasteiger partial charge in [0.2, 0.25) is 10.0 Å². The number of hydrogen-bond acceptors (Lipinski definition) is 4. The fraction of sp³-hybridized carbons (Fsp3) is 0.632. The fourth-order valence-corrected chi connectivity index (χ4v) is 4.61. The first kappa shape index (κ1) is 23.9. The number of sulfonamides is 1. The number of halogens is 1. The molecule has 0 saturated carbocycles. The fourth-order valence-electron chi connectivity index (χ4n) is 3.14. The molecule has 1 amide bonds. The quantitative estimate of drug-likeness (QED) is 0.770. The number of carbonyl (C=O) groups excluding carboxylic acids is 1. The minimum atomic E-state index is -3.49. The van der Waals surface area contributed by atoms with E-state index in [1.807, 2.05) is 13.8 Å². The molecule has 1 fully saturated rings. The van der Waals surface area contributed by atoms with Crippen LogP contribution in [0.15, 0.2) is 29.2 Å². The summed E-state index contributed by atoms with van der Waals surface area (Å²) in [7, 11) is -1.75. The average molecular weight is 418 g/mol. The number of piperidine rings is 1. The maximum Gasteiger partial charge on any atom is 0.253 e. The lowest BCUT2D eigenvalue weighted by Crippen LogP contribution is -2.39. The van der Waals surface area contributed by atoms with Crippen LogP contribution < -0.4 is 5.73 Å². The number of amides is 1. The predicted molar refractivity (Wildman–Crippen MR) is 111 cm³/mol. The molecule has 0 radical (unpaired) electrons. The zero-order valence-electron chi connectivity index (χ0n) is 16.6. The van der Waals surface area contributed by atoms with Crippen molar-refractivity contribution in [3.05, 3.63) is 29.8 Å². The third-order valence-electron chi connectivity index (χ3n) is 5.05. The van der Waals surface area contributed by atoms with Crippen molar-refractivity contribution in [3.8, 4) is 0 Å². The molecule has 27 heavy (non-hydrogen) atoms. The second kappa shape index (κ2) is 9.37. The van der Waals surface area contributed by atoms with Gasteiger partial charge >= 0.3 is 0 Å². The molecule has 0 unspecified atom stereocenters. The van der Waals surface area contributed by atoms with Gasteiger partial charge in [0, 0.05) is 32.2 Å². The number of nitrogens with two attached hydrogens (primary N) is 1. The molecule has 2 rings (SSSR count). The van der Waals surface area contributed by atoms with E-state index < -0.39 is 10.0 Å². The van der Waals surface area contributed by atoms with Gasteiger partial charge in [0.1, 0.15) is 0 Å². The zero-order valence-corrected chi connectivity index (χ0v) is 18.3. The van der Waals surface area contributed by atoms with Crippen LogP contribution in [0.5, 0.6) is 0 Å². The van der Waals surface area contributed by atoms with Crippen molar-refractivity contribution in [2.45, 2.75) is 38.5 Å². The largest absolute Gasteiger partial charge is 0.341 e. The summed E-state index contributed by atoms with van der Waals surface area (Å²) in [5, 5.41) is 0. The topological polar surface area (TPSA) is 83.7 Å². The third-order valence-corrected chi connectivity index (χ3v) is 6.96. The van der Waals surface area contributed by atoms with E-state index in [1.54, 1.807) is 28.4 Å². The maximum absolute atomic E-state index is 12.8. The summed E-state index contributed by atoms with van der Waals surface area (Å²) in [6.45, 7) is 8.29. The highest BCUT2D eigenvalue weighted by Crippen LogP contribution is 2.24. The van der Waals surface area contributed by atoms with E-state index in [-0.39, 0.29) is 28.6 Å². The number of carbonyl (C=O) groups is 1. The van der Waals surface area contributed by atoms with Crippen LogP contribution in [0.2, 0.25) is 0 Å². The lowest BCUT2D eigenvalue weighted by atomic mass is 9.93. The van der Waals surface area contributed by atoms with Gasteiger partial charge in [-0.15, -0.1) is 12.4 Å². The number of hydrogen-bond donors (Lipinski definition) is 1. The molecular formula is C19H32ClN3O3S. The van der Waals surface area contributed by atoms with Crippen molar-refractivity contribution in [3.63, 3.8) is 0 Å². The molecule has 1 saturated heterocycles. The Kier molecular flexibility index (Phi) is 8.29. The second-order valence-corrected chi connectivity index (χ2v) is 10.1. The minimum absolute atomic E-state index is 0. The van der Waals surface area contributed by atoms with E-state index in [0.717, 1.165) is 12.8 Å². The van der Waals surface area contributed by atoms with Crippen LogP contribution in [0.4, 0.5) is 0 Å². The monoisotopic (exact) mass is 417 g/mol. The molecule has 0 bridgehead atoms. The minimum Gasteiger partial charge on any atom is -0.341 e. The molecule has 154 valence electrons. The summed E-state index contributed by atoms with van der Waals surface area (Å²) in [5.74, 6) is 0.428. The number of benzene rings is 1. The molecule has 2 N–H and O–H groups in total. The van der Waals surface area contributed by atoms with Gasteiger partial charge in [-0.3, -0.25) is 4.79 Å². The predicted octanol–water partition coefficient (Wildman–Crippen LogP) is 2.59. The van der Waals surface area contributed by atoms with Gasteiger partial charge in [-0.05, 0) is 55.0 Å². The van der Waals surface area contributed by atoms with E-state index >= 15 is 0 Å². The summed E-state index contributed by atoms with van der Waals surface area (Å²) in [5.41, 5.74) is 6.04. The molecule has 0 aromatic heterocycles. The van der Waals surface area contributed by atoms with Crippen LogP contribution in [0, 0.1) is 11.3 Å². The van der Waals surface area contributed by atoms with Gasteiger partial charge in [-0.25, -0.2) is 8.42 Å². The Labute approximate surface area is 169 Å². The Hall–Kier alpha value is -1.15. The Balaban J connectivity index is 0.00000364. The summed E-state index contributed by atoms with van der Waals surface area (Å²) in [6, 6.07) is 6.24. The van der Waals surface area contributed by atoms with E-state index in [0.29, 0.717) is 37.7 Å². The molecule has 1 aliphatic heterocycles. The van der Waals surface area contributed by atoms with E-state index in [2.05, 4.69) is 6.92 Å². The Morgan fingerprint density at radius 1 is 1.22 bits per heavy atom. The zero-order chi connectivity index (χ0) is 19.5. The Bertz CT molecular complexity index is 727. The molecule has 1 aliphatic rings. The first-order chi connectivity index (χ1) is 12.1. The van der Waals surface area contributed by atoms with Gasteiger partial charge in [0.05, 0.1) is 4.90 Å². The normalized spacial score (nSPS) is 16.6. The van der Waals surface area contributed by atoms with Crippen LogP contribution in [-0.4, -0.2) is 56.8 Å². The Morgan fingerprint density at radius 2 is 1.74 bits per heavy atom. The molecule has 0 aliphatic carbocycles. The SMILES string of the molecule is CC1CCN(S(=O)(=O)c2ccc(C(=O)N(C)CC(C)(C)CN)cc2)CC1.Cl. The average Bonchev–Trinajstić information content (AvgIpc) is 2.61. The van der Waals surface area contributed by atoms with Gasteiger partial charge < -0.3 is 10.6 Å². The van der Waals surface area contributed by atoms with Crippen molar-refractivity contribution >= 4 is 28.3 Å². The highest BCUT2D eigenvalue weighted by molar-refractivity contribution is 7.89. The third kappa shape index (κ3) is 5.91. The van der Waals surface area contributed by atoms with Gasteiger partial charge in [-0.2, -0.15) is 4.31 Å². The van der Waals surface area contributed by atoms with Crippen molar-refractivity contribution in [1.29, 1.82) is 0 Å². The molecule has 0 atom stereocenters. The van der Waals surface area contributed by atoms with Crippen molar-refractivity contribution in [2.24, 2.45) is 17.1 Å². The Morgan fingerprint density at radius 3 is 2.22 bits per heavy atom. The van der Waals surface area contributed by atoms with E-state index in [9.17, 15) is 13.2 Å². The van der Waals surface area contributed by atoms with Crippen LogP contribution >= 0.6 is 12.4 Å². The van der Waals surface area contributed by atoms with Crippen LogP contribution in [0.1, 0.15) is 44.0 Å². The van der Waals surface area contributed by atoms with E-state index in [4.69, 9.17) is 5.73 Å². The lowest BCUT2D eigenvalue weighted by molar-refractivity contribution is 0.0740. The molecule has 0 spiro atoms. The van der Waals surface area contributed by atoms with Crippen molar-refractivity contribution in [2.75, 3.05) is 33.2 Å². The summed E-state index contributed by atoms with van der Waals surface area (Å²) < 4.78 is 27.0.